The molecule has 0 saturated carbocycles. The number of aromatic nitrogens is 2. The molecule has 2 heterocycles. The first kappa shape index (κ1) is 12.3. The first-order valence-electron chi connectivity index (χ1n) is 5.88. The second-order valence-electron chi connectivity index (χ2n) is 4.33. The molecule has 1 unspecified atom stereocenters. The fraction of sp³-hybridized carbons (Fsp3) is 0.636. The van der Waals surface area contributed by atoms with Crippen LogP contribution in [0, 0.1) is 0 Å². The van der Waals surface area contributed by atoms with Crippen molar-refractivity contribution in [3.63, 3.8) is 0 Å². The summed E-state index contributed by atoms with van der Waals surface area (Å²) in [6.45, 7) is 2.94. The molecule has 1 N–H and O–H groups in total. The fourth-order valence-electron chi connectivity index (χ4n) is 1.92. The number of nitrogens with one attached hydrogen (secondary N) is 1. The van der Waals surface area contributed by atoms with Crippen LogP contribution in [0.1, 0.15) is 31.5 Å². The molecule has 0 aromatic carbocycles. The predicted octanol–water partition coefficient (Wildman–Crippen LogP) is 1.20. The lowest BCUT2D eigenvalue weighted by atomic mass is 10.1. The van der Waals surface area contributed by atoms with Gasteiger partial charge in [-0.15, -0.1) is 0 Å². The predicted molar refractivity (Wildman–Crippen MR) is 66.8 cm³/mol. The molecule has 0 amide bonds. The topological polar surface area (TPSA) is 72.0 Å². The van der Waals surface area contributed by atoms with E-state index in [1.165, 1.54) is 0 Å². The maximum Gasteiger partial charge on any atom is 0.151 e. The van der Waals surface area contributed by atoms with E-state index in [2.05, 4.69) is 22.2 Å². The van der Waals surface area contributed by atoms with Crippen LogP contribution in [-0.2, 0) is 9.84 Å². The van der Waals surface area contributed by atoms with Crippen molar-refractivity contribution in [2.75, 3.05) is 23.4 Å². The SMILES string of the molecule is CCCNc1ccnc(C2CCS(=O)(=O)C2)n1. The molecule has 1 aliphatic heterocycles. The van der Waals surface area contributed by atoms with Crippen LogP contribution in [0.2, 0.25) is 0 Å². The first-order chi connectivity index (χ1) is 8.11. The first-order valence-corrected chi connectivity index (χ1v) is 7.70. The molecule has 0 radical (unpaired) electrons. The van der Waals surface area contributed by atoms with Crippen molar-refractivity contribution >= 4 is 15.7 Å². The minimum atomic E-state index is -2.87. The molecule has 17 heavy (non-hydrogen) atoms. The van der Waals surface area contributed by atoms with Crippen LogP contribution in [0.5, 0.6) is 0 Å². The zero-order valence-corrected chi connectivity index (χ0v) is 10.7. The molecule has 0 bridgehead atoms. The van der Waals surface area contributed by atoms with Gasteiger partial charge < -0.3 is 5.32 Å². The van der Waals surface area contributed by atoms with Gasteiger partial charge in [0.05, 0.1) is 11.5 Å². The second kappa shape index (κ2) is 5.00. The van der Waals surface area contributed by atoms with Crippen molar-refractivity contribution < 1.29 is 8.42 Å². The molecule has 1 aromatic heterocycles. The van der Waals surface area contributed by atoms with Gasteiger partial charge in [-0.2, -0.15) is 0 Å². The largest absolute Gasteiger partial charge is 0.370 e. The maximum atomic E-state index is 11.4. The minimum absolute atomic E-state index is 0.0385. The Bertz CT molecular complexity index is 487. The summed E-state index contributed by atoms with van der Waals surface area (Å²) in [6.07, 6.45) is 3.35. The van der Waals surface area contributed by atoms with Gasteiger partial charge in [0.15, 0.2) is 9.84 Å². The Balaban J connectivity index is 2.11. The van der Waals surface area contributed by atoms with Crippen LogP contribution in [-0.4, -0.2) is 36.4 Å². The van der Waals surface area contributed by atoms with Gasteiger partial charge in [-0.05, 0) is 18.9 Å². The van der Waals surface area contributed by atoms with Crippen molar-refractivity contribution in [3.8, 4) is 0 Å². The number of anilines is 1. The van der Waals surface area contributed by atoms with Crippen LogP contribution >= 0.6 is 0 Å². The molecule has 1 saturated heterocycles. The van der Waals surface area contributed by atoms with Gasteiger partial charge in [0.25, 0.3) is 0 Å². The van der Waals surface area contributed by atoms with Gasteiger partial charge in [0, 0.05) is 18.7 Å². The van der Waals surface area contributed by atoms with Crippen molar-refractivity contribution in [1.29, 1.82) is 0 Å². The Morgan fingerprint density at radius 3 is 3.00 bits per heavy atom. The van der Waals surface area contributed by atoms with E-state index in [1.54, 1.807) is 6.20 Å². The Morgan fingerprint density at radius 1 is 1.53 bits per heavy atom. The number of rotatable bonds is 4. The highest BCUT2D eigenvalue weighted by Crippen LogP contribution is 2.26. The summed E-state index contributed by atoms with van der Waals surface area (Å²) < 4.78 is 22.8. The van der Waals surface area contributed by atoms with E-state index in [0.29, 0.717) is 12.2 Å². The summed E-state index contributed by atoms with van der Waals surface area (Å²) in [7, 11) is -2.87. The van der Waals surface area contributed by atoms with Crippen LogP contribution in [0.25, 0.3) is 0 Å². The normalized spacial score (nSPS) is 22.5. The quantitative estimate of drug-likeness (QED) is 0.875. The van der Waals surface area contributed by atoms with Gasteiger partial charge in [-0.3, -0.25) is 0 Å². The highest BCUT2D eigenvalue weighted by molar-refractivity contribution is 7.91. The minimum Gasteiger partial charge on any atom is -0.370 e. The van der Waals surface area contributed by atoms with E-state index in [9.17, 15) is 8.42 Å². The average Bonchev–Trinajstić information content (AvgIpc) is 2.67. The summed E-state index contributed by atoms with van der Waals surface area (Å²) in [5.41, 5.74) is 0. The van der Waals surface area contributed by atoms with Crippen LogP contribution in [0.4, 0.5) is 5.82 Å². The zero-order chi connectivity index (χ0) is 12.3. The summed E-state index contributed by atoms with van der Waals surface area (Å²) in [5.74, 6) is 1.83. The third-order valence-electron chi connectivity index (χ3n) is 2.83. The lowest BCUT2D eigenvalue weighted by Gasteiger charge is -2.08. The monoisotopic (exact) mass is 255 g/mol. The molecule has 1 aliphatic rings. The summed E-state index contributed by atoms with van der Waals surface area (Å²) >= 11 is 0. The Kier molecular flexibility index (Phi) is 3.61. The summed E-state index contributed by atoms with van der Waals surface area (Å²) in [6, 6.07) is 1.81. The zero-order valence-electron chi connectivity index (χ0n) is 9.89. The van der Waals surface area contributed by atoms with Gasteiger partial charge in [-0.1, -0.05) is 6.92 Å². The van der Waals surface area contributed by atoms with E-state index in [1.807, 2.05) is 6.07 Å². The lowest BCUT2D eigenvalue weighted by molar-refractivity contribution is 0.601. The molecule has 2 rings (SSSR count). The molecule has 1 fully saturated rings. The Hall–Kier alpha value is -1.17. The van der Waals surface area contributed by atoms with Crippen LogP contribution in [0.3, 0.4) is 0 Å². The molecule has 1 atom stereocenters. The van der Waals surface area contributed by atoms with Crippen molar-refractivity contribution in [1.82, 2.24) is 9.97 Å². The third-order valence-corrected chi connectivity index (χ3v) is 4.60. The highest BCUT2D eigenvalue weighted by atomic mass is 32.2. The van der Waals surface area contributed by atoms with Crippen LogP contribution in [0.15, 0.2) is 12.3 Å². The van der Waals surface area contributed by atoms with Crippen molar-refractivity contribution in [3.05, 3.63) is 18.1 Å². The van der Waals surface area contributed by atoms with E-state index in [-0.39, 0.29) is 17.4 Å². The standard InChI is InChI=1S/C11H17N3O2S/c1-2-5-12-10-3-6-13-11(14-10)9-4-7-17(15,16)8-9/h3,6,9H,2,4-5,7-8H2,1H3,(H,12,13,14). The van der Waals surface area contributed by atoms with Gasteiger partial charge in [0.1, 0.15) is 11.6 Å². The molecule has 6 heteroatoms. The van der Waals surface area contributed by atoms with Gasteiger partial charge in [0.2, 0.25) is 0 Å². The average molecular weight is 255 g/mol. The summed E-state index contributed by atoms with van der Waals surface area (Å²) in [5, 5.41) is 3.18. The number of sulfone groups is 1. The maximum absolute atomic E-state index is 11.4. The number of hydrogen-bond acceptors (Lipinski definition) is 5. The molecular formula is C11H17N3O2S. The molecule has 1 aromatic rings. The lowest BCUT2D eigenvalue weighted by Crippen LogP contribution is -2.09. The number of hydrogen-bond donors (Lipinski definition) is 1. The van der Waals surface area contributed by atoms with E-state index in [0.717, 1.165) is 18.8 Å². The smallest absolute Gasteiger partial charge is 0.151 e. The van der Waals surface area contributed by atoms with Crippen molar-refractivity contribution in [2.45, 2.75) is 25.7 Å². The summed E-state index contributed by atoms with van der Waals surface area (Å²) in [4.78, 5) is 8.55. The highest BCUT2D eigenvalue weighted by Gasteiger charge is 2.30. The van der Waals surface area contributed by atoms with Gasteiger partial charge in [-0.25, -0.2) is 18.4 Å². The molecule has 5 nitrogen and oxygen atoms in total. The van der Waals surface area contributed by atoms with E-state index < -0.39 is 9.84 Å². The van der Waals surface area contributed by atoms with Crippen molar-refractivity contribution in [2.24, 2.45) is 0 Å². The number of nitrogens with zero attached hydrogens (tertiary/aromatic N) is 2. The van der Waals surface area contributed by atoms with E-state index >= 15 is 0 Å². The molecule has 0 spiro atoms. The fourth-order valence-corrected chi connectivity index (χ4v) is 3.66. The van der Waals surface area contributed by atoms with E-state index in [4.69, 9.17) is 0 Å². The molecule has 94 valence electrons. The second-order valence-corrected chi connectivity index (χ2v) is 6.56. The molecular weight excluding hydrogens is 238 g/mol. The third kappa shape index (κ3) is 3.15. The Labute approximate surface area is 102 Å². The Morgan fingerprint density at radius 2 is 2.35 bits per heavy atom. The molecule has 0 aliphatic carbocycles. The van der Waals surface area contributed by atoms with Crippen LogP contribution < -0.4 is 5.32 Å². The van der Waals surface area contributed by atoms with Gasteiger partial charge >= 0.3 is 0 Å².